The molecule has 0 saturated carbocycles. The molecule has 2 rings (SSSR count). The van der Waals surface area contributed by atoms with Gasteiger partial charge in [0.15, 0.2) is 0 Å². The lowest BCUT2D eigenvalue weighted by Gasteiger charge is -2.08. The number of nitrogens with zero attached hydrogens (tertiary/aromatic N) is 3. The predicted molar refractivity (Wildman–Crippen MR) is 85.5 cm³/mol. The number of anilines is 1. The Morgan fingerprint density at radius 3 is 2.85 bits per heavy atom. The van der Waals surface area contributed by atoms with E-state index in [0.717, 1.165) is 41.0 Å². The maximum Gasteiger partial charge on any atom is 0.126 e. The smallest absolute Gasteiger partial charge is 0.126 e. The molecule has 0 unspecified atom stereocenters. The molecule has 0 amide bonds. The van der Waals surface area contributed by atoms with E-state index in [1.54, 1.807) is 11.8 Å². The first-order valence-electron chi connectivity index (χ1n) is 6.63. The monoisotopic (exact) mass is 310 g/mol. The van der Waals surface area contributed by atoms with E-state index in [9.17, 15) is 0 Å². The van der Waals surface area contributed by atoms with Gasteiger partial charge < -0.3 is 5.32 Å². The Labute approximate surface area is 128 Å². The van der Waals surface area contributed by atoms with Crippen molar-refractivity contribution in [1.29, 1.82) is 0 Å². The van der Waals surface area contributed by atoms with Crippen molar-refractivity contribution in [2.75, 3.05) is 11.9 Å². The van der Waals surface area contributed by atoms with E-state index in [2.05, 4.69) is 28.4 Å². The lowest BCUT2D eigenvalue weighted by Crippen LogP contribution is -2.03. The van der Waals surface area contributed by atoms with Gasteiger partial charge in [-0.25, -0.2) is 4.98 Å². The zero-order chi connectivity index (χ0) is 14.5. The van der Waals surface area contributed by atoms with Crippen molar-refractivity contribution >= 4 is 29.2 Å². The van der Waals surface area contributed by atoms with Crippen molar-refractivity contribution in [3.8, 4) is 0 Å². The van der Waals surface area contributed by atoms with Crippen LogP contribution in [-0.4, -0.2) is 21.3 Å². The van der Waals surface area contributed by atoms with Crippen LogP contribution in [-0.2, 0) is 12.8 Å². The Balaban J connectivity index is 2.06. The Hall–Kier alpha value is -1.20. The van der Waals surface area contributed by atoms with Gasteiger partial charge in [0.05, 0.1) is 21.4 Å². The third-order valence-corrected chi connectivity index (χ3v) is 4.23. The van der Waals surface area contributed by atoms with E-state index in [-0.39, 0.29) is 0 Å². The van der Waals surface area contributed by atoms with E-state index >= 15 is 0 Å². The van der Waals surface area contributed by atoms with Crippen LogP contribution in [0.3, 0.4) is 0 Å². The highest BCUT2D eigenvalue weighted by molar-refractivity contribution is 7.98. The highest BCUT2D eigenvalue weighted by atomic mass is 35.5. The van der Waals surface area contributed by atoms with Gasteiger partial charge in [0.1, 0.15) is 5.82 Å². The van der Waals surface area contributed by atoms with Crippen molar-refractivity contribution in [2.45, 2.75) is 31.0 Å². The van der Waals surface area contributed by atoms with Crippen molar-refractivity contribution in [2.24, 2.45) is 7.05 Å². The molecule has 0 bridgehead atoms. The Bertz CT molecular complexity index is 583. The Morgan fingerprint density at radius 1 is 1.40 bits per heavy atom. The number of rotatable bonds is 6. The molecule has 0 aliphatic carbocycles. The fourth-order valence-corrected chi connectivity index (χ4v) is 3.04. The number of pyridine rings is 1. The number of halogens is 1. The highest BCUT2D eigenvalue weighted by Crippen LogP contribution is 2.26. The largest absolute Gasteiger partial charge is 0.370 e. The van der Waals surface area contributed by atoms with Crippen LogP contribution in [0, 0.1) is 6.92 Å². The molecule has 108 valence electrons. The SMILES string of the molecule is CCCNc1ccc(Cl)c(CSc2cc(C)nn2C)n1. The van der Waals surface area contributed by atoms with Gasteiger partial charge in [0.2, 0.25) is 0 Å². The standard InChI is InChI=1S/C14H19ClN4S/c1-4-7-16-13-6-5-11(15)12(17-13)9-20-14-8-10(2)18-19(14)3/h5-6,8H,4,7,9H2,1-3H3,(H,16,17). The summed E-state index contributed by atoms with van der Waals surface area (Å²) in [6.45, 7) is 5.04. The first-order valence-corrected chi connectivity index (χ1v) is 7.99. The summed E-state index contributed by atoms with van der Waals surface area (Å²) in [5, 5.41) is 9.44. The number of aryl methyl sites for hydroxylation is 2. The topological polar surface area (TPSA) is 42.7 Å². The summed E-state index contributed by atoms with van der Waals surface area (Å²) in [4.78, 5) is 4.57. The molecule has 0 atom stereocenters. The number of thioether (sulfide) groups is 1. The van der Waals surface area contributed by atoms with Crippen LogP contribution in [0.15, 0.2) is 23.2 Å². The van der Waals surface area contributed by atoms with Crippen molar-refractivity contribution in [3.05, 3.63) is 34.6 Å². The molecule has 0 saturated heterocycles. The van der Waals surface area contributed by atoms with Crippen molar-refractivity contribution in [1.82, 2.24) is 14.8 Å². The second-order valence-corrected chi connectivity index (χ2v) is 5.99. The van der Waals surface area contributed by atoms with Crippen LogP contribution in [0.2, 0.25) is 5.02 Å². The number of hydrogen-bond donors (Lipinski definition) is 1. The summed E-state index contributed by atoms with van der Waals surface area (Å²) < 4.78 is 1.88. The summed E-state index contributed by atoms with van der Waals surface area (Å²) in [6, 6.07) is 5.88. The quantitative estimate of drug-likeness (QED) is 0.822. The molecule has 0 fully saturated rings. The van der Waals surface area contributed by atoms with Gasteiger partial charge in [0, 0.05) is 19.3 Å². The third-order valence-electron chi connectivity index (χ3n) is 2.79. The van der Waals surface area contributed by atoms with Crippen LogP contribution in [0.25, 0.3) is 0 Å². The maximum absolute atomic E-state index is 6.22. The van der Waals surface area contributed by atoms with Crippen LogP contribution >= 0.6 is 23.4 Å². The van der Waals surface area contributed by atoms with Crippen molar-refractivity contribution in [3.63, 3.8) is 0 Å². The molecular weight excluding hydrogens is 292 g/mol. The first-order chi connectivity index (χ1) is 9.60. The Morgan fingerprint density at radius 2 is 2.20 bits per heavy atom. The van der Waals surface area contributed by atoms with Crippen LogP contribution in [0.5, 0.6) is 0 Å². The fraction of sp³-hybridized carbons (Fsp3) is 0.429. The lowest BCUT2D eigenvalue weighted by molar-refractivity contribution is 0.692. The molecule has 4 nitrogen and oxygen atoms in total. The Kier molecular flexibility index (Phi) is 5.31. The summed E-state index contributed by atoms with van der Waals surface area (Å²) in [7, 11) is 1.95. The van der Waals surface area contributed by atoms with E-state index in [0.29, 0.717) is 5.02 Å². The minimum absolute atomic E-state index is 0.707. The van der Waals surface area contributed by atoms with Gasteiger partial charge in [-0.2, -0.15) is 5.10 Å². The predicted octanol–water partition coefficient (Wildman–Crippen LogP) is 3.89. The van der Waals surface area contributed by atoms with Gasteiger partial charge in [0.25, 0.3) is 0 Å². The second-order valence-electron chi connectivity index (χ2n) is 4.59. The summed E-state index contributed by atoms with van der Waals surface area (Å²) in [6.07, 6.45) is 1.07. The summed E-state index contributed by atoms with van der Waals surface area (Å²) in [5.41, 5.74) is 1.92. The molecular formula is C14H19ClN4S. The van der Waals surface area contributed by atoms with Gasteiger partial charge in [-0.3, -0.25) is 4.68 Å². The molecule has 2 aromatic rings. The van der Waals surface area contributed by atoms with Crippen molar-refractivity contribution < 1.29 is 0 Å². The van der Waals surface area contributed by atoms with Gasteiger partial charge in [-0.05, 0) is 31.5 Å². The minimum Gasteiger partial charge on any atom is -0.370 e. The van der Waals surface area contributed by atoms with Crippen LogP contribution in [0.1, 0.15) is 24.7 Å². The molecule has 20 heavy (non-hydrogen) atoms. The molecule has 6 heteroatoms. The van der Waals surface area contributed by atoms with Crippen LogP contribution in [0.4, 0.5) is 5.82 Å². The van der Waals surface area contributed by atoms with Gasteiger partial charge in [-0.15, -0.1) is 11.8 Å². The number of hydrogen-bond acceptors (Lipinski definition) is 4. The second kappa shape index (κ2) is 6.99. The van der Waals surface area contributed by atoms with E-state index in [1.807, 2.05) is 30.8 Å². The summed E-state index contributed by atoms with van der Waals surface area (Å²) >= 11 is 7.91. The summed E-state index contributed by atoms with van der Waals surface area (Å²) in [5.74, 6) is 1.62. The van der Waals surface area contributed by atoms with Gasteiger partial charge >= 0.3 is 0 Å². The lowest BCUT2D eigenvalue weighted by atomic mass is 10.3. The molecule has 0 spiro atoms. The molecule has 0 aliphatic heterocycles. The van der Waals surface area contributed by atoms with E-state index in [1.165, 1.54) is 0 Å². The number of aromatic nitrogens is 3. The fourth-order valence-electron chi connectivity index (χ4n) is 1.80. The zero-order valence-corrected chi connectivity index (χ0v) is 13.6. The average Bonchev–Trinajstić information content (AvgIpc) is 2.74. The molecule has 2 heterocycles. The van der Waals surface area contributed by atoms with Gasteiger partial charge in [-0.1, -0.05) is 18.5 Å². The van der Waals surface area contributed by atoms with Crippen LogP contribution < -0.4 is 5.32 Å². The maximum atomic E-state index is 6.22. The molecule has 0 radical (unpaired) electrons. The molecule has 0 aromatic carbocycles. The van der Waals surface area contributed by atoms with E-state index in [4.69, 9.17) is 11.6 Å². The zero-order valence-electron chi connectivity index (χ0n) is 12.0. The normalized spacial score (nSPS) is 10.8. The molecule has 2 aromatic heterocycles. The first kappa shape index (κ1) is 15.2. The highest BCUT2D eigenvalue weighted by Gasteiger charge is 2.08. The third kappa shape index (κ3) is 3.90. The van der Waals surface area contributed by atoms with E-state index < -0.39 is 0 Å². The average molecular weight is 311 g/mol. The number of nitrogens with one attached hydrogen (secondary N) is 1. The molecule has 1 N–H and O–H groups in total. The molecule has 0 aliphatic rings. The minimum atomic E-state index is 0.707.